The normalized spacial score (nSPS) is 14.0. The number of nitrogens with one attached hydrogen (secondary N) is 1. The number of nitrogens with two attached hydrogens (primary N) is 1. The predicted molar refractivity (Wildman–Crippen MR) is 108 cm³/mol. The second-order valence-corrected chi connectivity index (χ2v) is 7.19. The molecule has 0 fully saturated rings. The van der Waals surface area contributed by atoms with Crippen molar-refractivity contribution in [2.45, 2.75) is 26.3 Å². The van der Waals surface area contributed by atoms with E-state index in [1.807, 2.05) is 32.0 Å². The predicted octanol–water partition coefficient (Wildman–Crippen LogP) is 2.84. The fourth-order valence-electron chi connectivity index (χ4n) is 3.16. The third-order valence-corrected chi connectivity index (χ3v) is 4.63. The van der Waals surface area contributed by atoms with E-state index in [1.165, 1.54) is 0 Å². The maximum atomic E-state index is 12.5. The van der Waals surface area contributed by atoms with E-state index in [0.717, 1.165) is 12.0 Å². The number of ether oxygens (including phenoxy) is 3. The SMILES string of the molecule is CC(C)[C@H](NC(=O)COc1ccccc1C(N)=O)c1ccc2c(c1)OCCCO2. The lowest BCUT2D eigenvalue weighted by Crippen LogP contribution is -2.35. The van der Waals surface area contributed by atoms with Crippen LogP contribution in [0.4, 0.5) is 0 Å². The average molecular weight is 398 g/mol. The number of rotatable bonds is 7. The largest absolute Gasteiger partial charge is 0.490 e. The number of hydrogen-bond acceptors (Lipinski definition) is 5. The van der Waals surface area contributed by atoms with E-state index < -0.39 is 5.91 Å². The van der Waals surface area contributed by atoms with Crippen molar-refractivity contribution in [3.05, 3.63) is 53.6 Å². The highest BCUT2D eigenvalue weighted by molar-refractivity contribution is 5.95. The first-order chi connectivity index (χ1) is 14.0. The molecule has 0 aromatic heterocycles. The van der Waals surface area contributed by atoms with Crippen molar-refractivity contribution in [1.82, 2.24) is 5.32 Å². The Kier molecular flexibility index (Phi) is 6.59. The van der Waals surface area contributed by atoms with Crippen molar-refractivity contribution in [3.8, 4) is 17.2 Å². The van der Waals surface area contributed by atoms with Gasteiger partial charge in [0.1, 0.15) is 5.75 Å². The number of carbonyl (C=O) groups is 2. The highest BCUT2D eigenvalue weighted by Gasteiger charge is 2.21. The molecule has 0 bridgehead atoms. The van der Waals surface area contributed by atoms with Crippen LogP contribution in [0.25, 0.3) is 0 Å². The van der Waals surface area contributed by atoms with Crippen molar-refractivity contribution in [2.75, 3.05) is 19.8 Å². The smallest absolute Gasteiger partial charge is 0.258 e. The molecule has 1 aliphatic rings. The van der Waals surface area contributed by atoms with Gasteiger partial charge in [-0.25, -0.2) is 0 Å². The Morgan fingerprint density at radius 1 is 1.10 bits per heavy atom. The summed E-state index contributed by atoms with van der Waals surface area (Å²) >= 11 is 0. The lowest BCUT2D eigenvalue weighted by atomic mass is 9.95. The van der Waals surface area contributed by atoms with Crippen molar-refractivity contribution in [3.63, 3.8) is 0 Å². The Morgan fingerprint density at radius 3 is 2.55 bits per heavy atom. The van der Waals surface area contributed by atoms with Gasteiger partial charge in [-0.2, -0.15) is 0 Å². The summed E-state index contributed by atoms with van der Waals surface area (Å²) in [5, 5.41) is 3.00. The first-order valence-electron chi connectivity index (χ1n) is 9.66. The van der Waals surface area contributed by atoms with Crippen LogP contribution in [0, 0.1) is 5.92 Å². The summed E-state index contributed by atoms with van der Waals surface area (Å²) in [7, 11) is 0. The number of primary amides is 1. The summed E-state index contributed by atoms with van der Waals surface area (Å²) in [4.78, 5) is 24.0. The standard InChI is InChI=1S/C22H26N2O5/c1-14(2)21(15-8-9-18-19(12-15)28-11-5-10-27-18)24-20(25)13-29-17-7-4-3-6-16(17)22(23)26/h3-4,6-9,12,14,21H,5,10-11,13H2,1-2H3,(H2,23,26)(H,24,25)/t21-/m0/s1. The van der Waals surface area contributed by atoms with Gasteiger partial charge in [0.25, 0.3) is 11.8 Å². The molecule has 3 N–H and O–H groups in total. The number of carbonyl (C=O) groups excluding carboxylic acids is 2. The second-order valence-electron chi connectivity index (χ2n) is 7.19. The minimum absolute atomic E-state index is 0.140. The highest BCUT2D eigenvalue weighted by Crippen LogP contribution is 2.34. The maximum Gasteiger partial charge on any atom is 0.258 e. The molecule has 2 amide bonds. The van der Waals surface area contributed by atoms with Gasteiger partial charge < -0.3 is 25.3 Å². The first-order valence-corrected chi connectivity index (χ1v) is 9.66. The molecule has 2 aromatic carbocycles. The molecule has 0 saturated carbocycles. The molecule has 0 saturated heterocycles. The van der Waals surface area contributed by atoms with Crippen LogP contribution in [0.5, 0.6) is 17.2 Å². The second kappa shape index (κ2) is 9.32. The Labute approximate surface area is 170 Å². The maximum absolute atomic E-state index is 12.5. The molecule has 29 heavy (non-hydrogen) atoms. The van der Waals surface area contributed by atoms with Gasteiger partial charge in [0.15, 0.2) is 18.1 Å². The van der Waals surface area contributed by atoms with Crippen LogP contribution in [-0.4, -0.2) is 31.6 Å². The molecule has 0 aliphatic carbocycles. The van der Waals surface area contributed by atoms with Crippen molar-refractivity contribution in [2.24, 2.45) is 11.7 Å². The van der Waals surface area contributed by atoms with Crippen molar-refractivity contribution < 1.29 is 23.8 Å². The van der Waals surface area contributed by atoms with E-state index in [-0.39, 0.29) is 35.8 Å². The summed E-state index contributed by atoms with van der Waals surface area (Å²) in [5.41, 5.74) is 6.51. The summed E-state index contributed by atoms with van der Waals surface area (Å²) in [6.07, 6.45) is 0.832. The lowest BCUT2D eigenvalue weighted by Gasteiger charge is -2.24. The van der Waals surface area contributed by atoms with Gasteiger partial charge in [0.2, 0.25) is 0 Å². The van der Waals surface area contributed by atoms with Gasteiger partial charge in [-0.3, -0.25) is 9.59 Å². The van der Waals surface area contributed by atoms with Gasteiger partial charge in [-0.15, -0.1) is 0 Å². The zero-order valence-electron chi connectivity index (χ0n) is 16.6. The minimum Gasteiger partial charge on any atom is -0.490 e. The molecule has 3 rings (SSSR count). The molecular formula is C22H26N2O5. The summed E-state index contributed by atoms with van der Waals surface area (Å²) < 4.78 is 17.0. The van der Waals surface area contributed by atoms with Crippen molar-refractivity contribution >= 4 is 11.8 Å². The lowest BCUT2D eigenvalue weighted by molar-refractivity contribution is -0.124. The molecule has 0 unspecified atom stereocenters. The van der Waals surface area contributed by atoms with E-state index in [4.69, 9.17) is 19.9 Å². The van der Waals surface area contributed by atoms with Crippen LogP contribution in [0.15, 0.2) is 42.5 Å². The van der Waals surface area contributed by atoms with Gasteiger partial charge in [-0.05, 0) is 35.7 Å². The van der Waals surface area contributed by atoms with Gasteiger partial charge in [0, 0.05) is 6.42 Å². The number of fused-ring (bicyclic) bond motifs is 1. The summed E-state index contributed by atoms with van der Waals surface area (Å²) in [6, 6.07) is 12.1. The van der Waals surface area contributed by atoms with Gasteiger partial charge in [-0.1, -0.05) is 32.0 Å². The zero-order valence-corrected chi connectivity index (χ0v) is 16.6. The third-order valence-electron chi connectivity index (χ3n) is 4.63. The van der Waals surface area contributed by atoms with E-state index in [1.54, 1.807) is 24.3 Å². The molecule has 1 atom stereocenters. The Morgan fingerprint density at radius 2 is 1.83 bits per heavy atom. The summed E-state index contributed by atoms with van der Waals surface area (Å²) in [5.74, 6) is 0.926. The third kappa shape index (κ3) is 5.19. The molecule has 1 heterocycles. The van der Waals surface area contributed by atoms with Crippen LogP contribution in [0.2, 0.25) is 0 Å². The molecular weight excluding hydrogens is 372 g/mol. The highest BCUT2D eigenvalue weighted by atomic mass is 16.5. The van der Waals surface area contributed by atoms with Gasteiger partial charge >= 0.3 is 0 Å². The minimum atomic E-state index is -0.603. The van der Waals surface area contributed by atoms with E-state index in [2.05, 4.69) is 5.32 Å². The molecule has 1 aliphatic heterocycles. The van der Waals surface area contributed by atoms with E-state index in [0.29, 0.717) is 24.7 Å². The molecule has 154 valence electrons. The summed E-state index contributed by atoms with van der Waals surface area (Å²) in [6.45, 7) is 5.05. The van der Waals surface area contributed by atoms with Crippen LogP contribution in [-0.2, 0) is 4.79 Å². The Balaban J connectivity index is 1.69. The number of hydrogen-bond donors (Lipinski definition) is 2. The fraction of sp³-hybridized carbons (Fsp3) is 0.364. The monoisotopic (exact) mass is 398 g/mol. The molecule has 2 aromatic rings. The van der Waals surface area contributed by atoms with E-state index >= 15 is 0 Å². The zero-order chi connectivity index (χ0) is 20.8. The van der Waals surface area contributed by atoms with Gasteiger partial charge in [0.05, 0.1) is 24.8 Å². The number of amides is 2. The van der Waals surface area contributed by atoms with Crippen molar-refractivity contribution in [1.29, 1.82) is 0 Å². The quantitative estimate of drug-likeness (QED) is 0.747. The molecule has 7 nitrogen and oxygen atoms in total. The molecule has 7 heteroatoms. The van der Waals surface area contributed by atoms with Crippen LogP contribution in [0.1, 0.15) is 42.2 Å². The topological polar surface area (TPSA) is 99.9 Å². The fourth-order valence-corrected chi connectivity index (χ4v) is 3.16. The Hall–Kier alpha value is -3.22. The molecule has 0 spiro atoms. The van der Waals surface area contributed by atoms with Crippen LogP contribution < -0.4 is 25.3 Å². The van der Waals surface area contributed by atoms with Crippen LogP contribution in [0.3, 0.4) is 0 Å². The van der Waals surface area contributed by atoms with E-state index in [9.17, 15) is 9.59 Å². The number of benzene rings is 2. The molecule has 0 radical (unpaired) electrons. The first kappa shape index (κ1) is 20.5. The Bertz CT molecular complexity index is 881. The average Bonchev–Trinajstić information content (AvgIpc) is 2.95. The van der Waals surface area contributed by atoms with Crippen LogP contribution >= 0.6 is 0 Å². The number of para-hydroxylation sites is 1.